The number of thioether (sulfide) groups is 1. The Balaban J connectivity index is 1.82. The van der Waals surface area contributed by atoms with Crippen molar-refractivity contribution in [1.29, 1.82) is 0 Å². The van der Waals surface area contributed by atoms with Gasteiger partial charge in [-0.05, 0) is 68.7 Å². The second-order valence-electron chi connectivity index (χ2n) is 8.98. The summed E-state index contributed by atoms with van der Waals surface area (Å²) >= 11 is 1.27. The van der Waals surface area contributed by atoms with Gasteiger partial charge in [0.1, 0.15) is 15.6 Å². The van der Waals surface area contributed by atoms with E-state index in [9.17, 15) is 13.9 Å². The Kier molecular flexibility index (Phi) is 6.55. The SMILES string of the molecule is CC(C)c1cc(OC(F)F)cc(C2CC2)c1NC(N)OC1=C(N)SC(C)(C(C)(C)O)N1. The van der Waals surface area contributed by atoms with Gasteiger partial charge < -0.3 is 30.9 Å². The molecule has 1 heterocycles. The highest BCUT2D eigenvalue weighted by Gasteiger charge is 2.47. The summed E-state index contributed by atoms with van der Waals surface area (Å²) in [4.78, 5) is -0.775. The molecule has 2 atom stereocenters. The van der Waals surface area contributed by atoms with Crippen molar-refractivity contribution in [3.05, 3.63) is 34.2 Å². The van der Waals surface area contributed by atoms with Crippen LogP contribution in [0.25, 0.3) is 0 Å². The van der Waals surface area contributed by atoms with Gasteiger partial charge in [-0.1, -0.05) is 25.6 Å². The Bertz CT molecular complexity index is 833. The number of hydrogen-bond donors (Lipinski definition) is 5. The van der Waals surface area contributed by atoms with Crippen LogP contribution in [0.2, 0.25) is 0 Å². The molecule has 0 radical (unpaired) electrons. The number of alkyl halides is 2. The molecule has 1 aliphatic heterocycles. The third kappa shape index (κ3) is 5.30. The van der Waals surface area contributed by atoms with Crippen LogP contribution < -0.4 is 26.8 Å². The van der Waals surface area contributed by atoms with Gasteiger partial charge in [-0.3, -0.25) is 5.73 Å². The van der Waals surface area contributed by atoms with Gasteiger partial charge in [0.25, 0.3) is 0 Å². The van der Waals surface area contributed by atoms with Gasteiger partial charge in [0.2, 0.25) is 12.2 Å². The number of benzene rings is 1. The largest absolute Gasteiger partial charge is 0.440 e. The highest BCUT2D eigenvalue weighted by Crippen LogP contribution is 2.48. The Morgan fingerprint density at radius 3 is 2.42 bits per heavy atom. The topological polar surface area (TPSA) is 115 Å². The lowest BCUT2D eigenvalue weighted by Crippen LogP contribution is -2.53. The Hall–Kier alpha value is -1.91. The molecule has 3 rings (SSSR count). The summed E-state index contributed by atoms with van der Waals surface area (Å²) in [5.41, 5.74) is 13.7. The first-order chi connectivity index (χ1) is 14.3. The Labute approximate surface area is 185 Å². The van der Waals surface area contributed by atoms with E-state index in [1.807, 2.05) is 20.8 Å². The van der Waals surface area contributed by atoms with Crippen molar-refractivity contribution in [3.63, 3.8) is 0 Å². The van der Waals surface area contributed by atoms with Gasteiger partial charge in [0.15, 0.2) is 0 Å². The van der Waals surface area contributed by atoms with E-state index < -0.39 is 23.4 Å². The summed E-state index contributed by atoms with van der Waals surface area (Å²) in [6, 6.07) is 3.26. The minimum atomic E-state index is -2.89. The maximum absolute atomic E-state index is 12.8. The van der Waals surface area contributed by atoms with Crippen molar-refractivity contribution < 1.29 is 23.4 Å². The molecule has 0 saturated heterocycles. The van der Waals surface area contributed by atoms with Gasteiger partial charge in [-0.15, -0.1) is 0 Å². The minimum absolute atomic E-state index is 0.0383. The number of rotatable bonds is 9. The second-order valence-corrected chi connectivity index (χ2v) is 10.4. The molecule has 0 amide bonds. The van der Waals surface area contributed by atoms with Crippen LogP contribution in [0.4, 0.5) is 14.5 Å². The zero-order valence-electron chi connectivity index (χ0n) is 18.5. The van der Waals surface area contributed by atoms with Crippen LogP contribution in [0.5, 0.6) is 5.75 Å². The number of nitrogens with one attached hydrogen (secondary N) is 2. The molecule has 7 N–H and O–H groups in total. The van der Waals surface area contributed by atoms with Gasteiger partial charge in [0, 0.05) is 5.69 Å². The number of aliphatic hydroxyl groups is 1. The zero-order chi connectivity index (χ0) is 23.1. The highest BCUT2D eigenvalue weighted by molar-refractivity contribution is 8.04. The van der Waals surface area contributed by atoms with Crippen LogP contribution >= 0.6 is 11.8 Å². The maximum atomic E-state index is 12.8. The molecule has 7 nitrogen and oxygen atoms in total. The smallest absolute Gasteiger partial charge is 0.387 e. The molecule has 1 fully saturated rings. The lowest BCUT2D eigenvalue weighted by Gasteiger charge is -2.37. The molecule has 31 heavy (non-hydrogen) atoms. The average molecular weight is 459 g/mol. The van der Waals surface area contributed by atoms with Crippen molar-refractivity contribution in [1.82, 2.24) is 5.32 Å². The number of hydrogen-bond acceptors (Lipinski definition) is 8. The fraction of sp³-hybridized carbons (Fsp3) is 0.619. The molecule has 10 heteroatoms. The number of nitrogens with two attached hydrogens (primary N) is 2. The fourth-order valence-corrected chi connectivity index (χ4v) is 4.43. The summed E-state index contributed by atoms with van der Waals surface area (Å²) in [6.45, 7) is 6.24. The van der Waals surface area contributed by atoms with E-state index in [1.165, 1.54) is 11.8 Å². The van der Waals surface area contributed by atoms with Gasteiger partial charge in [0.05, 0.1) is 5.60 Å². The van der Waals surface area contributed by atoms with Crippen LogP contribution in [-0.4, -0.2) is 28.5 Å². The molecule has 1 aliphatic carbocycles. The molecule has 2 unspecified atom stereocenters. The molecule has 174 valence electrons. The standard InChI is InChI=1S/C21H32F2N4O3S/c1-10(2)13-8-12(29-18(22)23)9-14(11-6-7-11)15(13)26-19(25)30-17-16(24)31-21(5,27-17)20(3,4)28/h8-11,18-19,26-28H,6-7,24-25H2,1-5H3. The summed E-state index contributed by atoms with van der Waals surface area (Å²) in [6.07, 6.45) is 0.990. The predicted molar refractivity (Wildman–Crippen MR) is 118 cm³/mol. The van der Waals surface area contributed by atoms with Crippen molar-refractivity contribution in [2.24, 2.45) is 11.5 Å². The van der Waals surface area contributed by atoms with Crippen LogP contribution in [0.1, 0.15) is 70.4 Å². The second kappa shape index (κ2) is 8.55. The lowest BCUT2D eigenvalue weighted by atomic mass is 9.95. The highest BCUT2D eigenvalue weighted by atomic mass is 32.2. The predicted octanol–water partition coefficient (Wildman–Crippen LogP) is 3.87. The molecule has 2 aliphatic rings. The monoisotopic (exact) mass is 458 g/mol. The van der Waals surface area contributed by atoms with Crippen LogP contribution in [0.3, 0.4) is 0 Å². The first kappa shape index (κ1) is 23.7. The van der Waals surface area contributed by atoms with E-state index in [2.05, 4.69) is 15.4 Å². The van der Waals surface area contributed by atoms with Crippen molar-refractivity contribution in [2.75, 3.05) is 5.32 Å². The molecular formula is C21H32F2N4O3S. The summed E-state index contributed by atoms with van der Waals surface area (Å²) in [5, 5.41) is 17.1. The fourth-order valence-electron chi connectivity index (χ4n) is 3.40. The van der Waals surface area contributed by atoms with E-state index in [-0.39, 0.29) is 23.5 Å². The number of anilines is 1. The van der Waals surface area contributed by atoms with Crippen LogP contribution in [0, 0.1) is 0 Å². The van der Waals surface area contributed by atoms with E-state index in [4.69, 9.17) is 16.2 Å². The first-order valence-corrected chi connectivity index (χ1v) is 11.1. The minimum Gasteiger partial charge on any atom is -0.440 e. The van der Waals surface area contributed by atoms with E-state index in [1.54, 1.807) is 26.0 Å². The summed E-state index contributed by atoms with van der Waals surface area (Å²) in [7, 11) is 0. The van der Waals surface area contributed by atoms with Crippen molar-refractivity contribution >= 4 is 17.4 Å². The molecular weight excluding hydrogens is 426 g/mol. The van der Waals surface area contributed by atoms with Crippen molar-refractivity contribution in [2.45, 2.75) is 82.7 Å². The number of halogens is 2. The van der Waals surface area contributed by atoms with E-state index in [0.29, 0.717) is 5.03 Å². The van der Waals surface area contributed by atoms with Gasteiger partial charge >= 0.3 is 6.61 Å². The summed E-state index contributed by atoms with van der Waals surface area (Å²) in [5.74, 6) is 0.724. The quantitative estimate of drug-likeness (QED) is 0.354. The molecule has 1 saturated carbocycles. The average Bonchev–Trinajstić information content (AvgIpc) is 3.40. The third-order valence-electron chi connectivity index (χ3n) is 5.63. The first-order valence-electron chi connectivity index (χ1n) is 10.3. The molecule has 1 aromatic rings. The zero-order valence-corrected chi connectivity index (χ0v) is 19.3. The normalized spacial score (nSPS) is 22.7. The molecule has 0 aromatic heterocycles. The number of ether oxygens (including phenoxy) is 2. The van der Waals surface area contributed by atoms with Crippen LogP contribution in [0.15, 0.2) is 23.0 Å². The van der Waals surface area contributed by atoms with Gasteiger partial charge in [-0.25, -0.2) is 0 Å². The molecule has 0 bridgehead atoms. The van der Waals surface area contributed by atoms with Crippen LogP contribution in [-0.2, 0) is 4.74 Å². The van der Waals surface area contributed by atoms with E-state index in [0.717, 1.165) is 29.7 Å². The van der Waals surface area contributed by atoms with Crippen molar-refractivity contribution in [3.8, 4) is 5.75 Å². The third-order valence-corrected chi connectivity index (χ3v) is 7.04. The molecule has 1 aromatic carbocycles. The summed E-state index contributed by atoms with van der Waals surface area (Å²) < 4.78 is 36.1. The Morgan fingerprint density at radius 2 is 1.94 bits per heavy atom. The van der Waals surface area contributed by atoms with E-state index >= 15 is 0 Å². The van der Waals surface area contributed by atoms with Gasteiger partial charge in [-0.2, -0.15) is 8.78 Å². The Morgan fingerprint density at radius 1 is 1.29 bits per heavy atom. The lowest BCUT2D eigenvalue weighted by molar-refractivity contribution is -0.0499. The maximum Gasteiger partial charge on any atom is 0.387 e. The molecule has 0 spiro atoms.